The fourth-order valence-electron chi connectivity index (χ4n) is 5.28. The Bertz CT molecular complexity index is 779. The van der Waals surface area contributed by atoms with Crippen LogP contribution in [0.5, 0.6) is 0 Å². The summed E-state index contributed by atoms with van der Waals surface area (Å²) in [6.07, 6.45) is 14.4. The van der Waals surface area contributed by atoms with Gasteiger partial charge in [-0.05, 0) is 49.8 Å². The van der Waals surface area contributed by atoms with E-state index in [2.05, 4.69) is 4.90 Å². The molecule has 1 aromatic rings. The molecular weight excluding hydrogens is 382 g/mol. The molecule has 2 saturated carbocycles. The predicted molar refractivity (Wildman–Crippen MR) is 116 cm³/mol. The summed E-state index contributed by atoms with van der Waals surface area (Å²) in [6.45, 7) is 3.44. The van der Waals surface area contributed by atoms with Crippen molar-refractivity contribution >= 4 is 12.0 Å². The molecule has 0 bridgehead atoms. The standard InChI is InChI=1S/C25H32F2N2O/c26-23-13-6-14-24(27)22(23)12-5-11-21(19-7-1-2-8-19)25(30)29-17-15-28(16-18-29)20-9-3-4-10-20/h5-6,11-14,19-20H,1-4,7-10,15-18H2. The minimum Gasteiger partial charge on any atom is -0.336 e. The highest BCUT2D eigenvalue weighted by Crippen LogP contribution is 2.33. The molecule has 1 amide bonds. The van der Waals surface area contributed by atoms with Gasteiger partial charge in [0.25, 0.3) is 0 Å². The van der Waals surface area contributed by atoms with Crippen LogP contribution in [0.15, 0.2) is 35.9 Å². The molecular formula is C25H32F2N2O. The van der Waals surface area contributed by atoms with E-state index in [0.29, 0.717) is 6.04 Å². The number of nitrogens with zero attached hydrogens (tertiary/aromatic N) is 2. The zero-order valence-electron chi connectivity index (χ0n) is 17.7. The van der Waals surface area contributed by atoms with Gasteiger partial charge in [-0.1, -0.05) is 43.9 Å². The maximum absolute atomic E-state index is 13.9. The minimum absolute atomic E-state index is 0.0582. The van der Waals surface area contributed by atoms with E-state index in [1.54, 1.807) is 12.2 Å². The zero-order chi connectivity index (χ0) is 20.9. The average Bonchev–Trinajstić information content (AvgIpc) is 3.47. The van der Waals surface area contributed by atoms with E-state index in [1.807, 2.05) is 4.90 Å². The fraction of sp³-hybridized carbons (Fsp3) is 0.560. The highest BCUT2D eigenvalue weighted by molar-refractivity contribution is 5.94. The molecule has 0 unspecified atom stereocenters. The van der Waals surface area contributed by atoms with E-state index < -0.39 is 11.6 Å². The Hall–Kier alpha value is -2.01. The number of rotatable bonds is 5. The van der Waals surface area contributed by atoms with Gasteiger partial charge in [-0.2, -0.15) is 0 Å². The predicted octanol–water partition coefficient (Wildman–Crippen LogP) is 5.18. The third-order valence-electron chi connectivity index (χ3n) is 7.02. The number of benzene rings is 1. The summed E-state index contributed by atoms with van der Waals surface area (Å²) in [5, 5.41) is 0. The summed E-state index contributed by atoms with van der Waals surface area (Å²) in [5.41, 5.74) is 0.743. The van der Waals surface area contributed by atoms with Crippen molar-refractivity contribution in [3.8, 4) is 0 Å². The Balaban J connectivity index is 1.46. The first-order valence-corrected chi connectivity index (χ1v) is 11.5. The Morgan fingerprint density at radius 1 is 0.900 bits per heavy atom. The molecule has 2 aliphatic carbocycles. The SMILES string of the molecule is O=C(C(=CC=Cc1c(F)cccc1F)C1CCCC1)N1CCN(C2CCCC2)CC1. The number of amides is 1. The second kappa shape index (κ2) is 9.86. The van der Waals surface area contributed by atoms with E-state index in [9.17, 15) is 13.6 Å². The van der Waals surface area contributed by atoms with Gasteiger partial charge in [0.1, 0.15) is 11.6 Å². The summed E-state index contributed by atoms with van der Waals surface area (Å²) in [4.78, 5) is 17.9. The summed E-state index contributed by atoms with van der Waals surface area (Å²) < 4.78 is 27.8. The Morgan fingerprint density at radius 3 is 2.13 bits per heavy atom. The third-order valence-corrected chi connectivity index (χ3v) is 7.02. The first-order chi connectivity index (χ1) is 14.6. The molecule has 0 radical (unpaired) electrons. The van der Waals surface area contributed by atoms with Crippen molar-refractivity contribution in [1.29, 1.82) is 0 Å². The topological polar surface area (TPSA) is 23.6 Å². The quantitative estimate of drug-likeness (QED) is 0.490. The molecule has 0 spiro atoms. The average molecular weight is 415 g/mol. The van der Waals surface area contributed by atoms with E-state index in [0.717, 1.165) is 57.4 Å². The fourth-order valence-corrected chi connectivity index (χ4v) is 5.28. The number of carbonyl (C=O) groups excluding carboxylic acids is 1. The van der Waals surface area contributed by atoms with Gasteiger partial charge in [0.15, 0.2) is 0 Å². The largest absolute Gasteiger partial charge is 0.336 e. The van der Waals surface area contributed by atoms with E-state index in [-0.39, 0.29) is 17.4 Å². The van der Waals surface area contributed by atoms with Gasteiger partial charge in [0.05, 0.1) is 0 Å². The van der Waals surface area contributed by atoms with Crippen LogP contribution < -0.4 is 0 Å². The Labute approximate surface area is 178 Å². The van der Waals surface area contributed by atoms with Gasteiger partial charge >= 0.3 is 0 Å². The van der Waals surface area contributed by atoms with E-state index in [4.69, 9.17) is 0 Å². The number of hydrogen-bond acceptors (Lipinski definition) is 2. The molecule has 0 atom stereocenters. The monoisotopic (exact) mass is 414 g/mol. The van der Waals surface area contributed by atoms with E-state index >= 15 is 0 Å². The molecule has 1 aliphatic heterocycles. The molecule has 30 heavy (non-hydrogen) atoms. The molecule has 3 nitrogen and oxygen atoms in total. The van der Waals surface area contributed by atoms with Crippen molar-refractivity contribution in [3.63, 3.8) is 0 Å². The van der Waals surface area contributed by atoms with Gasteiger partial charge in [0, 0.05) is 43.4 Å². The number of piperazine rings is 1. The zero-order valence-corrected chi connectivity index (χ0v) is 17.7. The lowest BCUT2D eigenvalue weighted by Gasteiger charge is -2.38. The molecule has 0 aromatic heterocycles. The van der Waals surface area contributed by atoms with Gasteiger partial charge in [-0.3, -0.25) is 9.69 Å². The Morgan fingerprint density at radius 2 is 1.50 bits per heavy atom. The van der Waals surface area contributed by atoms with Crippen LogP contribution in [0.2, 0.25) is 0 Å². The van der Waals surface area contributed by atoms with Crippen LogP contribution in [0, 0.1) is 17.6 Å². The van der Waals surface area contributed by atoms with Crippen molar-refractivity contribution in [1.82, 2.24) is 9.80 Å². The molecule has 3 fully saturated rings. The number of carbonyl (C=O) groups is 1. The molecule has 0 N–H and O–H groups in total. The van der Waals surface area contributed by atoms with E-state index in [1.165, 1.54) is 50.0 Å². The number of allylic oxidation sites excluding steroid dienone is 2. The molecule has 162 valence electrons. The van der Waals surface area contributed by atoms with Crippen molar-refractivity contribution in [2.45, 2.75) is 57.4 Å². The number of hydrogen-bond donors (Lipinski definition) is 0. The van der Waals surface area contributed by atoms with Crippen LogP contribution in [-0.2, 0) is 4.79 Å². The van der Waals surface area contributed by atoms with Gasteiger partial charge in [-0.15, -0.1) is 0 Å². The molecule has 5 heteroatoms. The third kappa shape index (κ3) is 4.83. The van der Waals surface area contributed by atoms with Gasteiger partial charge in [-0.25, -0.2) is 8.78 Å². The summed E-state index contributed by atoms with van der Waals surface area (Å²) in [5.74, 6) is -0.819. The lowest BCUT2D eigenvalue weighted by atomic mass is 9.95. The van der Waals surface area contributed by atoms with Crippen LogP contribution in [-0.4, -0.2) is 47.9 Å². The van der Waals surface area contributed by atoms with Crippen LogP contribution >= 0.6 is 0 Å². The highest BCUT2D eigenvalue weighted by Gasteiger charge is 2.31. The second-order valence-corrected chi connectivity index (χ2v) is 8.86. The van der Waals surface area contributed by atoms with Crippen molar-refractivity contribution in [3.05, 3.63) is 53.1 Å². The molecule has 1 aromatic carbocycles. The maximum Gasteiger partial charge on any atom is 0.250 e. The summed E-state index contributed by atoms with van der Waals surface area (Å²) >= 11 is 0. The van der Waals surface area contributed by atoms with Crippen LogP contribution in [0.25, 0.3) is 6.08 Å². The van der Waals surface area contributed by atoms with Crippen LogP contribution in [0.4, 0.5) is 8.78 Å². The maximum atomic E-state index is 13.9. The van der Waals surface area contributed by atoms with Gasteiger partial charge in [0.2, 0.25) is 5.91 Å². The first kappa shape index (κ1) is 21.2. The lowest BCUT2D eigenvalue weighted by Crippen LogP contribution is -2.52. The lowest BCUT2D eigenvalue weighted by molar-refractivity contribution is -0.129. The first-order valence-electron chi connectivity index (χ1n) is 11.5. The van der Waals surface area contributed by atoms with Crippen molar-refractivity contribution in [2.24, 2.45) is 5.92 Å². The second-order valence-electron chi connectivity index (χ2n) is 8.86. The molecule has 1 saturated heterocycles. The minimum atomic E-state index is -0.587. The Kier molecular flexibility index (Phi) is 6.98. The molecule has 3 aliphatic rings. The normalized spacial score (nSPS) is 22.5. The number of halogens is 2. The smallest absolute Gasteiger partial charge is 0.250 e. The highest BCUT2D eigenvalue weighted by atomic mass is 19.1. The van der Waals surface area contributed by atoms with Crippen LogP contribution in [0.3, 0.4) is 0 Å². The van der Waals surface area contributed by atoms with Crippen molar-refractivity contribution in [2.75, 3.05) is 26.2 Å². The van der Waals surface area contributed by atoms with Gasteiger partial charge < -0.3 is 4.90 Å². The summed E-state index contributed by atoms with van der Waals surface area (Å²) in [6, 6.07) is 4.56. The van der Waals surface area contributed by atoms with Crippen molar-refractivity contribution < 1.29 is 13.6 Å². The molecule has 4 rings (SSSR count). The summed E-state index contributed by atoms with van der Waals surface area (Å²) in [7, 11) is 0. The van der Waals surface area contributed by atoms with Crippen LogP contribution in [0.1, 0.15) is 56.9 Å². The molecule has 1 heterocycles.